The molecular weight excluding hydrogens is 500 g/mol. The van der Waals surface area contributed by atoms with E-state index in [1.54, 1.807) is 33.0 Å². The van der Waals surface area contributed by atoms with Crippen molar-refractivity contribution < 1.29 is 28.6 Å². The molecule has 3 aliphatic rings. The summed E-state index contributed by atoms with van der Waals surface area (Å²) < 4.78 is 16.5. The molecule has 1 saturated heterocycles. The van der Waals surface area contributed by atoms with Gasteiger partial charge >= 0.3 is 0 Å². The lowest BCUT2D eigenvalue weighted by molar-refractivity contribution is -0.132. The van der Waals surface area contributed by atoms with E-state index in [-0.39, 0.29) is 35.6 Å². The molecule has 10 heteroatoms. The van der Waals surface area contributed by atoms with Crippen LogP contribution < -0.4 is 25.2 Å². The van der Waals surface area contributed by atoms with E-state index in [2.05, 4.69) is 10.6 Å². The van der Waals surface area contributed by atoms with Gasteiger partial charge in [-0.3, -0.25) is 14.4 Å². The maximum Gasteiger partial charge on any atom is 0.270 e. The Morgan fingerprint density at radius 2 is 1.90 bits per heavy atom. The molecule has 216 valence electrons. The molecule has 2 fully saturated rings. The summed E-state index contributed by atoms with van der Waals surface area (Å²) in [5.74, 6) is -0.191. The number of anilines is 2. The van der Waals surface area contributed by atoms with Crippen molar-refractivity contribution in [3.8, 4) is 5.75 Å². The first-order valence-corrected chi connectivity index (χ1v) is 14.0. The molecule has 0 radical (unpaired) electrons. The topological polar surface area (TPSA) is 109 Å². The van der Waals surface area contributed by atoms with Crippen LogP contribution in [0, 0.1) is 11.8 Å². The van der Waals surface area contributed by atoms with Gasteiger partial charge in [-0.2, -0.15) is 0 Å². The van der Waals surface area contributed by atoms with Crippen molar-refractivity contribution >= 4 is 29.1 Å². The van der Waals surface area contributed by atoms with Gasteiger partial charge in [0.2, 0.25) is 11.8 Å². The number of methoxy groups -OCH3 is 2. The number of carbonyl (C=O) groups is 3. The Balaban J connectivity index is 1.55. The molecule has 1 saturated carbocycles. The summed E-state index contributed by atoms with van der Waals surface area (Å²) in [6.45, 7) is 9.89. The summed E-state index contributed by atoms with van der Waals surface area (Å²) in [4.78, 5) is 43.9. The fourth-order valence-electron chi connectivity index (χ4n) is 5.50. The van der Waals surface area contributed by atoms with Crippen molar-refractivity contribution in [2.75, 3.05) is 56.9 Å². The Bertz CT molecular complexity index is 1070. The Hall–Kier alpha value is -2.69. The molecule has 2 heterocycles. The lowest BCUT2D eigenvalue weighted by Gasteiger charge is -2.40. The Labute approximate surface area is 231 Å². The van der Waals surface area contributed by atoms with E-state index >= 15 is 0 Å². The van der Waals surface area contributed by atoms with E-state index in [9.17, 15) is 14.4 Å². The second-order valence-corrected chi connectivity index (χ2v) is 12.1. The van der Waals surface area contributed by atoms with Crippen LogP contribution in [0.4, 0.5) is 11.4 Å². The average Bonchev–Trinajstić information content (AvgIpc) is 3.71. The second-order valence-electron chi connectivity index (χ2n) is 12.1. The smallest absolute Gasteiger partial charge is 0.270 e. The number of hydrogen-bond acceptors (Lipinski definition) is 7. The third-order valence-electron chi connectivity index (χ3n) is 7.55. The van der Waals surface area contributed by atoms with Crippen molar-refractivity contribution in [1.82, 2.24) is 10.6 Å². The summed E-state index contributed by atoms with van der Waals surface area (Å²) in [5.41, 5.74) is -0.0446. The maximum absolute atomic E-state index is 14.0. The van der Waals surface area contributed by atoms with Crippen LogP contribution in [0.5, 0.6) is 5.75 Å². The highest BCUT2D eigenvalue weighted by atomic mass is 16.5. The van der Waals surface area contributed by atoms with Crippen LogP contribution in [0.25, 0.3) is 0 Å². The summed E-state index contributed by atoms with van der Waals surface area (Å²) in [6.07, 6.45) is 3.02. The van der Waals surface area contributed by atoms with Crippen molar-refractivity contribution in [1.29, 1.82) is 0 Å². The minimum atomic E-state index is -0.977. The van der Waals surface area contributed by atoms with Crippen LogP contribution in [0.2, 0.25) is 0 Å². The molecule has 2 aliphatic heterocycles. The Morgan fingerprint density at radius 1 is 1.18 bits per heavy atom. The molecular formula is C29H44N4O6. The lowest BCUT2D eigenvalue weighted by Crippen LogP contribution is -2.54. The average molecular weight is 545 g/mol. The molecule has 0 unspecified atom stereocenters. The molecule has 4 rings (SSSR count). The fraction of sp³-hybridized carbons (Fsp3) is 0.690. The predicted octanol–water partition coefficient (Wildman–Crippen LogP) is 2.49. The number of ether oxygens (including phenoxy) is 3. The molecule has 0 spiro atoms. The zero-order valence-corrected chi connectivity index (χ0v) is 24.2. The van der Waals surface area contributed by atoms with Gasteiger partial charge in [-0.05, 0) is 71.6 Å². The minimum Gasteiger partial charge on any atom is -0.476 e. The Morgan fingerprint density at radius 3 is 2.56 bits per heavy atom. The number of hydrogen-bond donors (Lipinski definition) is 2. The lowest BCUT2D eigenvalue weighted by atomic mass is 9.88. The van der Waals surface area contributed by atoms with Gasteiger partial charge in [0.05, 0.1) is 29.7 Å². The SMILES string of the molecule is COCCCN1C(=O)C(C)(C)Oc2ccc(N(C(=O)[C@H]3CNC[C@@H](C(=O)NC(C)(C)COC)C3)C3CC3)cc21. The van der Waals surface area contributed by atoms with Crippen LogP contribution >= 0.6 is 0 Å². The van der Waals surface area contributed by atoms with Gasteiger partial charge in [0, 0.05) is 52.2 Å². The molecule has 39 heavy (non-hydrogen) atoms. The van der Waals surface area contributed by atoms with Crippen LogP contribution in [-0.4, -0.2) is 82.0 Å². The second kappa shape index (κ2) is 11.8. The van der Waals surface area contributed by atoms with Gasteiger partial charge in [-0.15, -0.1) is 0 Å². The zero-order valence-electron chi connectivity index (χ0n) is 24.2. The van der Waals surface area contributed by atoms with Crippen molar-refractivity contribution in [2.45, 2.75) is 70.6 Å². The van der Waals surface area contributed by atoms with Crippen LogP contribution in [0.15, 0.2) is 18.2 Å². The monoisotopic (exact) mass is 544 g/mol. The summed E-state index contributed by atoms with van der Waals surface area (Å²) in [6, 6.07) is 5.78. The predicted molar refractivity (Wildman–Crippen MR) is 149 cm³/mol. The Kier molecular flexibility index (Phi) is 8.88. The van der Waals surface area contributed by atoms with Gasteiger partial charge in [0.15, 0.2) is 5.60 Å². The molecule has 0 bridgehead atoms. The van der Waals surface area contributed by atoms with Crippen LogP contribution in [-0.2, 0) is 23.9 Å². The molecule has 3 amide bonds. The van der Waals surface area contributed by atoms with E-state index in [1.165, 1.54) is 0 Å². The largest absolute Gasteiger partial charge is 0.476 e. The summed E-state index contributed by atoms with van der Waals surface area (Å²) in [7, 11) is 3.25. The first-order valence-electron chi connectivity index (χ1n) is 14.0. The van der Waals surface area contributed by atoms with E-state index in [1.807, 2.05) is 36.9 Å². The number of amides is 3. The summed E-state index contributed by atoms with van der Waals surface area (Å²) >= 11 is 0. The normalized spacial score (nSPS) is 22.6. The molecule has 1 aromatic rings. The van der Waals surface area contributed by atoms with Gasteiger partial charge < -0.3 is 34.6 Å². The number of fused-ring (bicyclic) bond motifs is 1. The van der Waals surface area contributed by atoms with E-state index in [0.717, 1.165) is 18.5 Å². The number of carbonyl (C=O) groups excluding carboxylic acids is 3. The number of rotatable bonds is 11. The number of benzene rings is 1. The zero-order chi connectivity index (χ0) is 28.4. The minimum absolute atomic E-state index is 0.00733. The number of nitrogens with zero attached hydrogens (tertiary/aromatic N) is 2. The van der Waals surface area contributed by atoms with E-state index in [4.69, 9.17) is 14.2 Å². The van der Waals surface area contributed by atoms with Gasteiger partial charge in [-0.25, -0.2) is 0 Å². The first kappa shape index (κ1) is 29.3. The van der Waals surface area contributed by atoms with Gasteiger partial charge in [0.25, 0.3) is 5.91 Å². The summed E-state index contributed by atoms with van der Waals surface area (Å²) in [5, 5.41) is 6.37. The highest BCUT2D eigenvalue weighted by molar-refractivity contribution is 6.04. The van der Waals surface area contributed by atoms with Gasteiger partial charge in [0.1, 0.15) is 5.75 Å². The highest BCUT2D eigenvalue weighted by Crippen LogP contribution is 2.43. The van der Waals surface area contributed by atoms with Crippen LogP contribution in [0.1, 0.15) is 53.4 Å². The standard InChI is InChI=1S/C29H44N4O6/c1-28(2,18-38-6)31-25(34)19-14-20(17-30-16-19)26(35)33(21-8-9-21)22-10-11-24-23(15-22)32(12-7-13-37-5)27(36)29(3,4)39-24/h10-11,15,19-21,30H,7-9,12-14,16-18H2,1-6H3,(H,31,34)/t19-,20+/m0/s1. The van der Waals surface area contributed by atoms with Gasteiger partial charge in [-0.1, -0.05) is 0 Å². The number of nitrogens with one attached hydrogen (secondary N) is 2. The van der Waals surface area contributed by atoms with Crippen molar-refractivity contribution in [3.05, 3.63) is 18.2 Å². The molecule has 2 atom stereocenters. The fourth-order valence-corrected chi connectivity index (χ4v) is 5.50. The quantitative estimate of drug-likeness (QED) is 0.412. The first-order chi connectivity index (χ1) is 18.5. The molecule has 2 N–H and O–H groups in total. The third kappa shape index (κ3) is 6.73. The van der Waals surface area contributed by atoms with Crippen LogP contribution in [0.3, 0.4) is 0 Å². The van der Waals surface area contributed by atoms with E-state index < -0.39 is 11.1 Å². The number of piperidine rings is 1. The molecule has 1 aromatic carbocycles. The van der Waals surface area contributed by atoms with E-state index in [0.29, 0.717) is 57.1 Å². The van der Waals surface area contributed by atoms with Crippen molar-refractivity contribution in [3.63, 3.8) is 0 Å². The molecule has 1 aliphatic carbocycles. The molecule has 0 aromatic heterocycles. The van der Waals surface area contributed by atoms with Crippen molar-refractivity contribution in [2.24, 2.45) is 11.8 Å². The highest BCUT2D eigenvalue weighted by Gasteiger charge is 2.43. The molecule has 10 nitrogen and oxygen atoms in total. The third-order valence-corrected chi connectivity index (χ3v) is 7.55. The maximum atomic E-state index is 14.0.